The van der Waals surface area contributed by atoms with Gasteiger partial charge in [0.2, 0.25) is 0 Å². The molecule has 1 fully saturated rings. The van der Waals surface area contributed by atoms with Crippen molar-refractivity contribution in [2.75, 3.05) is 26.2 Å². The minimum atomic E-state index is 0.114. The maximum atomic E-state index is 12.1. The minimum Gasteiger partial charge on any atom is -0.377 e. The van der Waals surface area contributed by atoms with Crippen LogP contribution in [0.25, 0.3) is 0 Å². The highest BCUT2D eigenvalue weighted by Crippen LogP contribution is 2.17. The predicted octanol–water partition coefficient (Wildman–Crippen LogP) is 3.02. The lowest BCUT2D eigenvalue weighted by Gasteiger charge is -2.21. The zero-order valence-corrected chi connectivity index (χ0v) is 12.0. The number of hydrogen-bond donors (Lipinski definition) is 0. The monoisotopic (exact) mass is 281 g/mol. The van der Waals surface area contributed by atoms with Gasteiger partial charge in [-0.3, -0.25) is 4.79 Å². The third-order valence-corrected chi connectivity index (χ3v) is 3.70. The van der Waals surface area contributed by atoms with Crippen LogP contribution in [0.1, 0.15) is 30.1 Å². The van der Waals surface area contributed by atoms with Crippen molar-refractivity contribution in [1.82, 2.24) is 4.90 Å². The molecule has 2 rings (SSSR count). The van der Waals surface area contributed by atoms with Gasteiger partial charge in [0.05, 0.1) is 11.1 Å². The van der Waals surface area contributed by atoms with Crippen molar-refractivity contribution in [1.29, 1.82) is 0 Å². The maximum Gasteiger partial charge on any atom is 0.165 e. The van der Waals surface area contributed by atoms with Gasteiger partial charge in [0.15, 0.2) is 5.78 Å². The van der Waals surface area contributed by atoms with E-state index in [0.29, 0.717) is 17.0 Å². The second-order valence-corrected chi connectivity index (χ2v) is 5.40. The third-order valence-electron chi connectivity index (χ3n) is 3.37. The molecule has 1 aromatic carbocycles. The maximum absolute atomic E-state index is 12.1. The second kappa shape index (κ2) is 7.04. The smallest absolute Gasteiger partial charge is 0.165 e. The van der Waals surface area contributed by atoms with Crippen LogP contribution >= 0.6 is 11.6 Å². The average molecular weight is 282 g/mol. The first kappa shape index (κ1) is 14.5. The fraction of sp³-hybridized carbons (Fsp3) is 0.533. The number of benzene rings is 1. The van der Waals surface area contributed by atoms with Crippen molar-refractivity contribution < 1.29 is 9.53 Å². The number of Topliss-reactive ketones (excluding diaryl/α,β-unsaturated/α-hetero) is 1. The van der Waals surface area contributed by atoms with Gasteiger partial charge in [0, 0.05) is 38.2 Å². The molecule has 0 saturated carbocycles. The van der Waals surface area contributed by atoms with Crippen LogP contribution in [0.2, 0.25) is 5.02 Å². The Bertz CT molecular complexity index is 436. The number of carbonyl (C=O) groups excluding carboxylic acids is 1. The third kappa shape index (κ3) is 4.30. The highest BCUT2D eigenvalue weighted by atomic mass is 35.5. The summed E-state index contributed by atoms with van der Waals surface area (Å²) in [5.74, 6) is 0.114. The molecule has 3 nitrogen and oxygen atoms in total. The Morgan fingerprint density at radius 1 is 1.47 bits per heavy atom. The molecule has 0 aliphatic carbocycles. The lowest BCUT2D eigenvalue weighted by Crippen LogP contribution is -2.32. The highest BCUT2D eigenvalue weighted by Gasteiger charge is 2.17. The zero-order chi connectivity index (χ0) is 13.7. The van der Waals surface area contributed by atoms with Gasteiger partial charge in [-0.2, -0.15) is 0 Å². The molecule has 0 spiro atoms. The Labute approximate surface area is 119 Å². The molecule has 0 aromatic heterocycles. The van der Waals surface area contributed by atoms with Gasteiger partial charge >= 0.3 is 0 Å². The Hall–Kier alpha value is -0.900. The van der Waals surface area contributed by atoms with E-state index in [0.717, 1.165) is 32.7 Å². The summed E-state index contributed by atoms with van der Waals surface area (Å²) in [4.78, 5) is 14.4. The summed E-state index contributed by atoms with van der Waals surface area (Å²) in [6.07, 6.45) is 1.79. The minimum absolute atomic E-state index is 0.114. The molecular formula is C15H20ClNO2. The largest absolute Gasteiger partial charge is 0.377 e. The number of carbonyl (C=O) groups is 1. The van der Waals surface area contributed by atoms with E-state index in [2.05, 4.69) is 11.8 Å². The van der Waals surface area contributed by atoms with E-state index in [1.54, 1.807) is 12.1 Å². The molecule has 1 aliphatic rings. The molecule has 0 amide bonds. The molecule has 1 atom stereocenters. The van der Waals surface area contributed by atoms with E-state index in [-0.39, 0.29) is 11.9 Å². The summed E-state index contributed by atoms with van der Waals surface area (Å²) in [5.41, 5.74) is 0.628. The molecule has 0 bridgehead atoms. The van der Waals surface area contributed by atoms with Crippen molar-refractivity contribution >= 4 is 17.4 Å². The molecule has 1 heterocycles. The van der Waals surface area contributed by atoms with Gasteiger partial charge in [-0.05, 0) is 25.5 Å². The number of hydrogen-bond acceptors (Lipinski definition) is 3. The van der Waals surface area contributed by atoms with Gasteiger partial charge < -0.3 is 9.64 Å². The number of ketones is 1. The van der Waals surface area contributed by atoms with Crippen molar-refractivity contribution in [2.45, 2.75) is 25.9 Å². The molecular weight excluding hydrogens is 262 g/mol. The summed E-state index contributed by atoms with van der Waals surface area (Å²) >= 11 is 6.04. The Kier molecular flexibility index (Phi) is 5.37. The standard InChI is InChI=1S/C15H20ClNO2/c1-12-11-17(8-4-10-19-12)9-7-15(18)13-5-2-3-6-14(13)16/h2-3,5-6,12H,4,7-11H2,1H3. The Morgan fingerprint density at radius 3 is 3.05 bits per heavy atom. The SMILES string of the molecule is CC1CN(CCC(=O)c2ccccc2Cl)CCCO1. The topological polar surface area (TPSA) is 29.5 Å². The van der Waals surface area contributed by atoms with Crippen LogP contribution in [0.4, 0.5) is 0 Å². The number of nitrogens with zero attached hydrogens (tertiary/aromatic N) is 1. The molecule has 0 N–H and O–H groups in total. The van der Waals surface area contributed by atoms with Crippen LogP contribution in [-0.4, -0.2) is 43.0 Å². The number of rotatable bonds is 4. The molecule has 0 radical (unpaired) electrons. The first-order chi connectivity index (χ1) is 9.16. The predicted molar refractivity (Wildman–Crippen MR) is 76.9 cm³/mol. The molecule has 1 aliphatic heterocycles. The van der Waals surface area contributed by atoms with Crippen molar-refractivity contribution in [2.24, 2.45) is 0 Å². The number of ether oxygens (including phenoxy) is 1. The van der Waals surface area contributed by atoms with Gasteiger partial charge in [0.1, 0.15) is 0 Å². The molecule has 104 valence electrons. The lowest BCUT2D eigenvalue weighted by molar-refractivity contribution is 0.0668. The quantitative estimate of drug-likeness (QED) is 0.795. The van der Waals surface area contributed by atoms with Crippen LogP contribution < -0.4 is 0 Å². The highest BCUT2D eigenvalue weighted by molar-refractivity contribution is 6.33. The Balaban J connectivity index is 1.88. The van der Waals surface area contributed by atoms with Crippen molar-refractivity contribution in [3.63, 3.8) is 0 Å². The summed E-state index contributed by atoms with van der Waals surface area (Å²) in [5, 5.41) is 0.542. The van der Waals surface area contributed by atoms with Gasteiger partial charge in [-0.1, -0.05) is 23.7 Å². The van der Waals surface area contributed by atoms with E-state index in [1.807, 2.05) is 12.1 Å². The summed E-state index contributed by atoms with van der Waals surface area (Å²) in [6.45, 7) is 5.57. The van der Waals surface area contributed by atoms with Gasteiger partial charge in [0.25, 0.3) is 0 Å². The van der Waals surface area contributed by atoms with Crippen LogP contribution in [0, 0.1) is 0 Å². The molecule has 4 heteroatoms. The van der Waals surface area contributed by atoms with Crippen LogP contribution in [-0.2, 0) is 4.74 Å². The molecule has 1 saturated heterocycles. The van der Waals surface area contributed by atoms with Gasteiger partial charge in [-0.15, -0.1) is 0 Å². The van der Waals surface area contributed by atoms with Crippen LogP contribution in [0.5, 0.6) is 0 Å². The zero-order valence-electron chi connectivity index (χ0n) is 11.3. The second-order valence-electron chi connectivity index (χ2n) is 4.99. The fourth-order valence-electron chi connectivity index (χ4n) is 2.37. The normalized spacial score (nSPS) is 21.1. The first-order valence-corrected chi connectivity index (χ1v) is 7.16. The average Bonchev–Trinajstić information content (AvgIpc) is 2.61. The van der Waals surface area contributed by atoms with E-state index < -0.39 is 0 Å². The van der Waals surface area contributed by atoms with Crippen LogP contribution in [0.15, 0.2) is 24.3 Å². The van der Waals surface area contributed by atoms with E-state index >= 15 is 0 Å². The van der Waals surface area contributed by atoms with Crippen LogP contribution in [0.3, 0.4) is 0 Å². The molecule has 1 unspecified atom stereocenters. The summed E-state index contributed by atoms with van der Waals surface area (Å²) < 4.78 is 5.60. The number of halogens is 1. The summed E-state index contributed by atoms with van der Waals surface area (Å²) in [6, 6.07) is 7.24. The first-order valence-electron chi connectivity index (χ1n) is 6.78. The van der Waals surface area contributed by atoms with Crippen molar-refractivity contribution in [3.8, 4) is 0 Å². The van der Waals surface area contributed by atoms with Crippen molar-refractivity contribution in [3.05, 3.63) is 34.9 Å². The summed E-state index contributed by atoms with van der Waals surface area (Å²) in [7, 11) is 0. The van der Waals surface area contributed by atoms with E-state index in [4.69, 9.17) is 16.3 Å². The Morgan fingerprint density at radius 2 is 2.26 bits per heavy atom. The molecule has 19 heavy (non-hydrogen) atoms. The van der Waals surface area contributed by atoms with E-state index in [9.17, 15) is 4.79 Å². The lowest BCUT2D eigenvalue weighted by atomic mass is 10.1. The van der Waals surface area contributed by atoms with Gasteiger partial charge in [-0.25, -0.2) is 0 Å². The molecule has 1 aromatic rings. The van der Waals surface area contributed by atoms with E-state index in [1.165, 1.54) is 0 Å². The fourth-order valence-corrected chi connectivity index (χ4v) is 2.61.